The van der Waals surface area contributed by atoms with Gasteiger partial charge in [0.2, 0.25) is 5.82 Å². The zero-order chi connectivity index (χ0) is 20.8. The molecule has 1 aliphatic rings. The number of likely N-dealkylation sites (tertiary alicyclic amines) is 1. The third-order valence-corrected chi connectivity index (χ3v) is 4.49. The molecule has 3 rings (SSSR count). The fraction of sp³-hybridized carbons (Fsp3) is 0.444. The first-order chi connectivity index (χ1) is 14.0. The minimum absolute atomic E-state index is 0.0313. The highest BCUT2D eigenvalue weighted by molar-refractivity contribution is 5.94. The molecule has 1 fully saturated rings. The molecule has 1 saturated heterocycles. The third-order valence-electron chi connectivity index (χ3n) is 4.49. The van der Waals surface area contributed by atoms with E-state index >= 15 is 0 Å². The number of nitrogens with one attached hydrogen (secondary N) is 1. The summed E-state index contributed by atoms with van der Waals surface area (Å²) in [6.07, 6.45) is 0.126. The van der Waals surface area contributed by atoms with Crippen molar-refractivity contribution in [3.05, 3.63) is 35.5 Å². The van der Waals surface area contributed by atoms with Gasteiger partial charge in [-0.25, -0.2) is 9.18 Å². The number of nitrogens with zero attached hydrogens (tertiary/aromatic N) is 3. The van der Waals surface area contributed by atoms with E-state index in [1.807, 2.05) is 0 Å². The van der Waals surface area contributed by atoms with Crippen LogP contribution in [0.4, 0.5) is 9.18 Å². The second-order valence-electron chi connectivity index (χ2n) is 6.47. The van der Waals surface area contributed by atoms with E-state index in [1.54, 1.807) is 0 Å². The number of rotatable bonds is 7. The van der Waals surface area contributed by atoms with E-state index in [0.717, 1.165) is 6.07 Å². The highest BCUT2D eigenvalue weighted by Crippen LogP contribution is 2.21. The number of ether oxygens (including phenoxy) is 1. The quantitative estimate of drug-likeness (QED) is 0.622. The molecule has 1 aromatic carbocycles. The summed E-state index contributed by atoms with van der Waals surface area (Å²) < 4.78 is 25.0. The van der Waals surface area contributed by atoms with Crippen molar-refractivity contribution in [2.24, 2.45) is 0 Å². The number of halogens is 1. The summed E-state index contributed by atoms with van der Waals surface area (Å²) in [5, 5.41) is 23.8. The molecule has 0 saturated carbocycles. The summed E-state index contributed by atoms with van der Waals surface area (Å²) in [5.74, 6) is -0.999. The van der Waals surface area contributed by atoms with Crippen molar-refractivity contribution < 1.29 is 33.5 Å². The van der Waals surface area contributed by atoms with Gasteiger partial charge < -0.3 is 29.7 Å². The number of amides is 2. The summed E-state index contributed by atoms with van der Waals surface area (Å²) in [6.45, 7) is 0.676. The Kier molecular flexibility index (Phi) is 6.73. The molecule has 2 aromatic rings. The topological polar surface area (TPSA) is 138 Å². The number of benzene rings is 1. The molecule has 2 heterocycles. The molecule has 1 aliphatic heterocycles. The molecule has 10 nitrogen and oxygen atoms in total. The molecule has 0 radical (unpaired) electrons. The molecule has 0 atom stereocenters. The summed E-state index contributed by atoms with van der Waals surface area (Å²) in [7, 11) is 0. The molecule has 0 unspecified atom stereocenters. The van der Waals surface area contributed by atoms with Crippen molar-refractivity contribution in [2.75, 3.05) is 26.2 Å². The van der Waals surface area contributed by atoms with Crippen LogP contribution in [0.5, 0.6) is 0 Å². The lowest BCUT2D eigenvalue weighted by atomic mass is 10.1. The minimum Gasteiger partial charge on any atom is -0.465 e. The Morgan fingerprint density at radius 3 is 2.76 bits per heavy atom. The van der Waals surface area contributed by atoms with Crippen LogP contribution >= 0.6 is 0 Å². The van der Waals surface area contributed by atoms with Crippen molar-refractivity contribution in [1.29, 1.82) is 0 Å². The number of aliphatic hydroxyl groups is 1. The number of carboxylic acid groups (broad SMARTS) is 1. The average Bonchev–Trinajstić information content (AvgIpc) is 3.19. The second-order valence-corrected chi connectivity index (χ2v) is 6.47. The van der Waals surface area contributed by atoms with Crippen molar-refractivity contribution in [3.63, 3.8) is 0 Å². The van der Waals surface area contributed by atoms with Crippen LogP contribution in [0, 0.1) is 5.82 Å². The Morgan fingerprint density at radius 2 is 2.10 bits per heavy atom. The van der Waals surface area contributed by atoms with Crippen LogP contribution in [-0.4, -0.2) is 69.6 Å². The zero-order valence-corrected chi connectivity index (χ0v) is 15.5. The van der Waals surface area contributed by atoms with Gasteiger partial charge in [0.1, 0.15) is 12.4 Å². The summed E-state index contributed by atoms with van der Waals surface area (Å²) >= 11 is 0. The molecule has 2 amide bonds. The van der Waals surface area contributed by atoms with Gasteiger partial charge in [-0.2, -0.15) is 4.98 Å². The number of hydrogen-bond acceptors (Lipinski definition) is 7. The van der Waals surface area contributed by atoms with Crippen LogP contribution in [0.3, 0.4) is 0 Å². The van der Waals surface area contributed by atoms with Crippen molar-refractivity contribution in [2.45, 2.75) is 25.6 Å². The first-order valence-electron chi connectivity index (χ1n) is 9.09. The zero-order valence-electron chi connectivity index (χ0n) is 15.5. The van der Waals surface area contributed by atoms with Crippen LogP contribution in [0.15, 0.2) is 22.7 Å². The van der Waals surface area contributed by atoms with Gasteiger partial charge in [-0.1, -0.05) is 11.2 Å². The molecule has 11 heteroatoms. The normalized spacial score (nSPS) is 14.8. The van der Waals surface area contributed by atoms with Gasteiger partial charge in [0.05, 0.1) is 18.3 Å². The largest absolute Gasteiger partial charge is 0.465 e. The lowest BCUT2D eigenvalue weighted by molar-refractivity contribution is -0.00953. The van der Waals surface area contributed by atoms with Crippen LogP contribution in [0.1, 0.15) is 29.1 Å². The van der Waals surface area contributed by atoms with Crippen LogP contribution in [-0.2, 0) is 11.3 Å². The molecule has 156 valence electrons. The monoisotopic (exact) mass is 408 g/mol. The Morgan fingerprint density at radius 1 is 1.34 bits per heavy atom. The fourth-order valence-electron chi connectivity index (χ4n) is 2.94. The summed E-state index contributed by atoms with van der Waals surface area (Å²) in [4.78, 5) is 28.2. The molecule has 29 heavy (non-hydrogen) atoms. The Bertz CT molecular complexity index is 866. The molecule has 3 N–H and O–H groups in total. The van der Waals surface area contributed by atoms with Crippen LogP contribution in [0.2, 0.25) is 0 Å². The van der Waals surface area contributed by atoms with Gasteiger partial charge >= 0.3 is 6.09 Å². The number of carbonyl (C=O) groups is 2. The average molecular weight is 408 g/mol. The molecule has 0 spiro atoms. The summed E-state index contributed by atoms with van der Waals surface area (Å²) in [6, 6.07) is 3.93. The molecular weight excluding hydrogens is 387 g/mol. The van der Waals surface area contributed by atoms with Crippen molar-refractivity contribution >= 4 is 12.0 Å². The summed E-state index contributed by atoms with van der Waals surface area (Å²) in [5.41, 5.74) is 0.188. The van der Waals surface area contributed by atoms with Gasteiger partial charge in [0.25, 0.3) is 11.8 Å². The van der Waals surface area contributed by atoms with Gasteiger partial charge in [-0.3, -0.25) is 4.79 Å². The van der Waals surface area contributed by atoms with E-state index in [1.165, 1.54) is 17.0 Å². The predicted molar refractivity (Wildman–Crippen MR) is 96.5 cm³/mol. The molecule has 1 aromatic heterocycles. The number of carbonyl (C=O) groups excluding carboxylic acids is 1. The van der Waals surface area contributed by atoms with E-state index < -0.39 is 17.8 Å². The van der Waals surface area contributed by atoms with Gasteiger partial charge in [-0.15, -0.1) is 0 Å². The maximum Gasteiger partial charge on any atom is 0.407 e. The number of piperidine rings is 1. The minimum atomic E-state index is -0.936. The Hall–Kier alpha value is -3.05. The lowest BCUT2D eigenvalue weighted by Crippen LogP contribution is -2.40. The second kappa shape index (κ2) is 9.43. The maximum absolute atomic E-state index is 14.2. The number of hydrogen-bond donors (Lipinski definition) is 3. The highest BCUT2D eigenvalue weighted by atomic mass is 19.1. The lowest BCUT2D eigenvalue weighted by Gasteiger charge is -2.29. The Balaban J connectivity index is 1.56. The van der Waals surface area contributed by atoms with Crippen molar-refractivity contribution in [3.8, 4) is 11.4 Å². The van der Waals surface area contributed by atoms with E-state index in [4.69, 9.17) is 19.5 Å². The predicted octanol–water partition coefficient (Wildman–Crippen LogP) is 1.26. The standard InChI is InChI=1S/C18H21FN4O6/c19-14-9-11(1-2-13(14)17(25)20-5-8-24)16-21-15(29-22-16)10-28-12-3-6-23(7-4-12)18(26)27/h1-2,9,12,24H,3-8,10H2,(H,20,25)(H,26,27). The number of aliphatic hydroxyl groups excluding tert-OH is 1. The van der Waals surface area contributed by atoms with Crippen molar-refractivity contribution in [1.82, 2.24) is 20.4 Å². The third kappa shape index (κ3) is 5.27. The van der Waals surface area contributed by atoms with E-state index in [0.29, 0.717) is 31.5 Å². The van der Waals surface area contributed by atoms with E-state index in [9.17, 15) is 14.0 Å². The first kappa shape index (κ1) is 20.7. The molecule has 0 aliphatic carbocycles. The first-order valence-corrected chi connectivity index (χ1v) is 9.09. The maximum atomic E-state index is 14.2. The fourth-order valence-corrected chi connectivity index (χ4v) is 2.94. The van der Waals surface area contributed by atoms with Crippen LogP contribution < -0.4 is 5.32 Å². The van der Waals surface area contributed by atoms with Gasteiger partial charge in [0.15, 0.2) is 0 Å². The van der Waals surface area contributed by atoms with Crippen LogP contribution in [0.25, 0.3) is 11.4 Å². The SMILES string of the molecule is O=C(NCCO)c1ccc(-c2noc(COC3CCN(C(=O)O)CC3)n2)cc1F. The smallest absolute Gasteiger partial charge is 0.407 e. The van der Waals surface area contributed by atoms with Gasteiger partial charge in [-0.05, 0) is 25.0 Å². The molecule has 0 bridgehead atoms. The van der Waals surface area contributed by atoms with Gasteiger partial charge in [0, 0.05) is 25.2 Å². The molecular formula is C18H21FN4O6. The van der Waals surface area contributed by atoms with E-state index in [-0.39, 0.29) is 43.1 Å². The van der Waals surface area contributed by atoms with E-state index in [2.05, 4.69) is 15.5 Å². The number of aromatic nitrogens is 2. The Labute approximate surface area is 165 Å². The highest BCUT2D eigenvalue weighted by Gasteiger charge is 2.23.